The highest BCUT2D eigenvalue weighted by Crippen LogP contribution is 2.18. The smallest absolute Gasteiger partial charge is 0.231 e. The Bertz CT molecular complexity index is 836. The Morgan fingerprint density at radius 2 is 1.76 bits per heavy atom. The van der Waals surface area contributed by atoms with E-state index in [1.165, 1.54) is 0 Å². The van der Waals surface area contributed by atoms with Crippen LogP contribution in [-0.2, 0) is 0 Å². The Hall–Kier alpha value is -2.53. The molecule has 0 amide bonds. The highest BCUT2D eigenvalue weighted by Gasteiger charge is 2.27. The summed E-state index contributed by atoms with van der Waals surface area (Å²) in [6.45, 7) is 1.90. The molecule has 0 N–H and O–H groups in total. The maximum absolute atomic E-state index is 12.8. The molecule has 0 saturated carbocycles. The molecule has 25 heavy (non-hydrogen) atoms. The number of hydrogen-bond donors (Lipinski definition) is 0. The summed E-state index contributed by atoms with van der Waals surface area (Å²) in [4.78, 5) is 17.2. The molecule has 0 aliphatic rings. The number of ketones is 1. The summed E-state index contributed by atoms with van der Waals surface area (Å²) < 4.78 is 7.10. The largest absolute Gasteiger partial charge is 0.497 e. The van der Waals surface area contributed by atoms with Crippen LogP contribution in [0.2, 0.25) is 0 Å². The first kappa shape index (κ1) is 18.8. The molecule has 1 atom stereocenters. The van der Waals surface area contributed by atoms with E-state index in [2.05, 4.69) is 4.98 Å². The highest BCUT2D eigenvalue weighted by molar-refractivity contribution is 8.93. The fourth-order valence-corrected chi connectivity index (χ4v) is 2.65. The van der Waals surface area contributed by atoms with Crippen LogP contribution in [-0.4, -0.2) is 17.9 Å². The van der Waals surface area contributed by atoms with E-state index in [0.29, 0.717) is 5.56 Å². The van der Waals surface area contributed by atoms with Crippen LogP contribution < -0.4 is 9.30 Å². The quantitative estimate of drug-likeness (QED) is 0.479. The summed E-state index contributed by atoms with van der Waals surface area (Å²) in [7, 11) is 1.61. The van der Waals surface area contributed by atoms with Crippen molar-refractivity contribution in [1.82, 2.24) is 4.98 Å². The normalized spacial score (nSPS) is 11.3. The molecule has 0 saturated heterocycles. The molecule has 1 unspecified atom stereocenters. The number of benzene rings is 1. The average Bonchev–Trinajstić information content (AvgIpc) is 2.67. The fourth-order valence-electron chi connectivity index (χ4n) is 2.65. The topological polar surface area (TPSA) is 43.1 Å². The third kappa shape index (κ3) is 4.12. The van der Waals surface area contributed by atoms with Crippen LogP contribution in [0.3, 0.4) is 0 Å². The number of carbonyl (C=O) groups excluding carboxylic acids is 1. The van der Waals surface area contributed by atoms with Crippen LogP contribution in [0.5, 0.6) is 5.75 Å². The van der Waals surface area contributed by atoms with Crippen LogP contribution in [0, 0.1) is 0 Å². The van der Waals surface area contributed by atoms with Crippen molar-refractivity contribution >= 4 is 22.8 Å². The van der Waals surface area contributed by atoms with Crippen LogP contribution in [0.1, 0.15) is 23.3 Å². The van der Waals surface area contributed by atoms with Gasteiger partial charge in [-0.2, -0.15) is 4.57 Å². The van der Waals surface area contributed by atoms with E-state index < -0.39 is 0 Å². The van der Waals surface area contributed by atoms with Gasteiger partial charge in [-0.1, -0.05) is 6.07 Å². The minimum Gasteiger partial charge on any atom is -0.497 e. The molecular formula is C20H20BrN2O2+. The number of aromatic nitrogens is 2. The average molecular weight is 400 g/mol. The molecule has 0 aliphatic heterocycles. The monoisotopic (exact) mass is 399 g/mol. The Kier molecular flexibility index (Phi) is 6.42. The van der Waals surface area contributed by atoms with Gasteiger partial charge in [-0.25, -0.2) is 4.98 Å². The number of pyridine rings is 2. The molecule has 0 aliphatic carbocycles. The standard InChI is InChI=1S/C20H19N2O2.BrH/c1-15(20(23)16-9-11-17(24-2)12-10-16)22-14-6-4-8-19(22)18-7-3-5-13-21-18;/h3-15H,1-2H3;1H/q+1;. The summed E-state index contributed by atoms with van der Waals surface area (Å²) in [6, 6.07) is 18.5. The molecular weight excluding hydrogens is 380 g/mol. The zero-order valence-electron chi connectivity index (χ0n) is 14.1. The summed E-state index contributed by atoms with van der Waals surface area (Å²) in [5, 5.41) is 0. The van der Waals surface area contributed by atoms with Crippen LogP contribution in [0.4, 0.5) is 0 Å². The minimum atomic E-state index is -0.336. The van der Waals surface area contributed by atoms with Gasteiger partial charge in [0.25, 0.3) is 0 Å². The number of methoxy groups -OCH3 is 1. The molecule has 0 fully saturated rings. The second-order valence-corrected chi connectivity index (χ2v) is 5.48. The number of hydrogen-bond acceptors (Lipinski definition) is 3. The molecule has 3 rings (SSSR count). The van der Waals surface area contributed by atoms with Crippen molar-refractivity contribution in [3.8, 4) is 17.1 Å². The summed E-state index contributed by atoms with van der Waals surface area (Å²) in [6.07, 6.45) is 3.67. The third-order valence-corrected chi connectivity index (χ3v) is 3.99. The van der Waals surface area contributed by atoms with E-state index in [0.717, 1.165) is 17.1 Å². The second kappa shape index (κ2) is 8.53. The predicted octanol–water partition coefficient (Wildman–Crippen LogP) is 4.07. The van der Waals surface area contributed by atoms with E-state index >= 15 is 0 Å². The molecule has 0 spiro atoms. The molecule has 2 aromatic heterocycles. The van der Waals surface area contributed by atoms with E-state index in [-0.39, 0.29) is 28.8 Å². The number of nitrogens with zero attached hydrogens (tertiary/aromatic N) is 2. The van der Waals surface area contributed by atoms with Crippen molar-refractivity contribution in [3.05, 3.63) is 78.6 Å². The van der Waals surface area contributed by atoms with E-state index in [1.54, 1.807) is 37.6 Å². The number of halogens is 1. The van der Waals surface area contributed by atoms with Gasteiger partial charge in [0.1, 0.15) is 11.4 Å². The lowest BCUT2D eigenvalue weighted by Gasteiger charge is -2.10. The van der Waals surface area contributed by atoms with Crippen molar-refractivity contribution in [1.29, 1.82) is 0 Å². The van der Waals surface area contributed by atoms with E-state index in [9.17, 15) is 4.79 Å². The van der Waals surface area contributed by atoms with Crippen molar-refractivity contribution < 1.29 is 14.1 Å². The first-order valence-electron chi connectivity index (χ1n) is 7.80. The number of ether oxygens (including phenoxy) is 1. The van der Waals surface area contributed by atoms with Gasteiger partial charge in [0.15, 0.2) is 6.20 Å². The van der Waals surface area contributed by atoms with Crippen molar-refractivity contribution in [2.45, 2.75) is 13.0 Å². The van der Waals surface area contributed by atoms with Crippen LogP contribution >= 0.6 is 17.0 Å². The molecule has 0 bridgehead atoms. The lowest BCUT2D eigenvalue weighted by atomic mass is 10.0. The molecule has 128 valence electrons. The molecule has 5 heteroatoms. The lowest BCUT2D eigenvalue weighted by molar-refractivity contribution is -0.694. The van der Waals surface area contributed by atoms with E-state index in [1.807, 2.05) is 54.1 Å². The first-order valence-corrected chi connectivity index (χ1v) is 7.80. The third-order valence-electron chi connectivity index (χ3n) is 3.99. The van der Waals surface area contributed by atoms with Gasteiger partial charge >= 0.3 is 0 Å². The van der Waals surface area contributed by atoms with Crippen LogP contribution in [0.25, 0.3) is 11.4 Å². The predicted molar refractivity (Wildman–Crippen MR) is 102 cm³/mol. The maximum Gasteiger partial charge on any atom is 0.231 e. The first-order chi connectivity index (χ1) is 11.7. The number of rotatable bonds is 5. The fraction of sp³-hybridized carbons (Fsp3) is 0.150. The molecule has 2 heterocycles. The molecule has 1 aromatic carbocycles. The minimum absolute atomic E-state index is 0. The SMILES string of the molecule is Br.COc1ccc(C(=O)C(C)[n+]2ccccc2-c2ccccn2)cc1. The van der Waals surface area contributed by atoms with Crippen LogP contribution in [0.15, 0.2) is 73.1 Å². The Morgan fingerprint density at radius 1 is 1.04 bits per heavy atom. The number of Topliss-reactive ketones (excluding diaryl/α,β-unsaturated/α-hetero) is 1. The summed E-state index contributed by atoms with van der Waals surface area (Å²) >= 11 is 0. The second-order valence-electron chi connectivity index (χ2n) is 5.48. The number of carbonyl (C=O) groups is 1. The van der Waals surface area contributed by atoms with Crippen molar-refractivity contribution in [2.24, 2.45) is 0 Å². The summed E-state index contributed by atoms with van der Waals surface area (Å²) in [5.74, 6) is 0.784. The molecule has 4 nitrogen and oxygen atoms in total. The summed E-state index contributed by atoms with van der Waals surface area (Å²) in [5.41, 5.74) is 2.41. The Morgan fingerprint density at radius 3 is 2.40 bits per heavy atom. The van der Waals surface area contributed by atoms with Gasteiger partial charge in [0, 0.05) is 30.8 Å². The lowest BCUT2D eigenvalue weighted by Crippen LogP contribution is -2.44. The zero-order valence-corrected chi connectivity index (χ0v) is 15.8. The van der Waals surface area contributed by atoms with Gasteiger partial charge in [-0.05, 0) is 42.5 Å². The Balaban J connectivity index is 0.00000225. The Labute approximate surface area is 157 Å². The van der Waals surface area contributed by atoms with Crippen molar-refractivity contribution in [3.63, 3.8) is 0 Å². The van der Waals surface area contributed by atoms with Crippen molar-refractivity contribution in [2.75, 3.05) is 7.11 Å². The van der Waals surface area contributed by atoms with Gasteiger partial charge in [-0.3, -0.25) is 4.79 Å². The van der Waals surface area contributed by atoms with Gasteiger partial charge in [-0.15, -0.1) is 17.0 Å². The van der Waals surface area contributed by atoms with E-state index in [4.69, 9.17) is 4.74 Å². The molecule has 3 aromatic rings. The van der Waals surface area contributed by atoms with Gasteiger partial charge in [0.2, 0.25) is 17.5 Å². The van der Waals surface area contributed by atoms with Gasteiger partial charge < -0.3 is 4.74 Å². The molecule has 0 radical (unpaired) electrons. The highest BCUT2D eigenvalue weighted by atomic mass is 79.9. The maximum atomic E-state index is 12.8. The van der Waals surface area contributed by atoms with Gasteiger partial charge in [0.05, 0.1) is 7.11 Å². The zero-order chi connectivity index (χ0) is 16.9.